The fourth-order valence-electron chi connectivity index (χ4n) is 5.52. The molecule has 0 aliphatic carbocycles. The molecule has 0 fully saturated rings. The van der Waals surface area contributed by atoms with Crippen molar-refractivity contribution in [2.75, 3.05) is 0 Å². The van der Waals surface area contributed by atoms with Crippen LogP contribution in [-0.2, 0) is 30.4 Å². The van der Waals surface area contributed by atoms with Gasteiger partial charge in [-0.15, -0.1) is 5.11 Å². The van der Waals surface area contributed by atoms with Crippen molar-refractivity contribution in [1.82, 2.24) is 0 Å². The molecule has 17 heteroatoms. The quantitative estimate of drug-likeness (QED) is 0.0678. The fraction of sp³-hybridized carbons (Fsp3) is 0.0811. The van der Waals surface area contributed by atoms with Gasteiger partial charge in [-0.2, -0.15) is 40.6 Å². The van der Waals surface area contributed by atoms with Crippen LogP contribution < -0.4 is 4.18 Å². The summed E-state index contributed by atoms with van der Waals surface area (Å²) >= 11 is 0. The summed E-state index contributed by atoms with van der Waals surface area (Å²) in [6, 6.07) is 27.1. The van der Waals surface area contributed by atoms with Crippen LogP contribution in [0.1, 0.15) is 16.7 Å². The van der Waals surface area contributed by atoms with E-state index in [-0.39, 0.29) is 27.1 Å². The van der Waals surface area contributed by atoms with Crippen molar-refractivity contribution >= 4 is 63.9 Å². The number of nitrogens with zero attached hydrogens (tertiary/aromatic N) is 4. The first-order chi connectivity index (χ1) is 25.4. The Balaban J connectivity index is 1.20. The van der Waals surface area contributed by atoms with Crippen LogP contribution in [0.5, 0.6) is 11.5 Å². The first-order valence-electron chi connectivity index (χ1n) is 15.8. The zero-order chi connectivity index (χ0) is 39.0. The van der Waals surface area contributed by atoms with E-state index >= 15 is 0 Å². The van der Waals surface area contributed by atoms with Gasteiger partial charge in [0.15, 0.2) is 0 Å². The highest BCUT2D eigenvalue weighted by Crippen LogP contribution is 2.41. The molecule has 0 spiro atoms. The fourth-order valence-corrected chi connectivity index (χ4v) is 7.82. The standard InChI is InChI=1S/C37H30N4O10S3/c1-22-4-13-30(14-5-22)54(49,50)51-29-11-7-26(8-12-29)38-39-27-9-15-32(23(2)18-27)33-16-10-28(19-24(33)3)40-41-37-34(42)17-6-25-20-31(52(43,44)45)21-35(36(25)37)53(46,47)48/h4-21,42H,1-3H3,(H,43,44,45)(H,46,47,48). The molecule has 6 rings (SSSR count). The lowest BCUT2D eigenvalue weighted by atomic mass is 9.96. The van der Waals surface area contributed by atoms with E-state index in [2.05, 4.69) is 20.5 Å². The number of phenols is 1. The largest absolute Gasteiger partial charge is 0.506 e. The maximum atomic E-state index is 12.6. The number of hydrogen-bond acceptors (Lipinski definition) is 12. The maximum Gasteiger partial charge on any atom is 0.339 e. The Kier molecular flexibility index (Phi) is 10.2. The molecule has 0 unspecified atom stereocenters. The zero-order valence-electron chi connectivity index (χ0n) is 28.6. The Bertz CT molecular complexity index is 2840. The van der Waals surface area contributed by atoms with Crippen molar-refractivity contribution in [3.8, 4) is 22.6 Å². The van der Waals surface area contributed by atoms with Crippen LogP contribution in [0.25, 0.3) is 21.9 Å². The Hall–Kier alpha value is -5.85. The minimum absolute atomic E-state index is 0.0486. The summed E-state index contributed by atoms with van der Waals surface area (Å²) in [7, 11) is -13.9. The molecule has 0 saturated carbocycles. The third-order valence-electron chi connectivity index (χ3n) is 8.19. The van der Waals surface area contributed by atoms with Gasteiger partial charge in [0.25, 0.3) is 20.2 Å². The van der Waals surface area contributed by atoms with Crippen LogP contribution in [0.2, 0.25) is 0 Å². The van der Waals surface area contributed by atoms with Crippen LogP contribution >= 0.6 is 0 Å². The minimum atomic E-state index is -5.04. The third-order valence-corrected chi connectivity index (χ3v) is 11.2. The Morgan fingerprint density at radius 1 is 0.537 bits per heavy atom. The van der Waals surface area contributed by atoms with E-state index < -0.39 is 45.9 Å². The van der Waals surface area contributed by atoms with Gasteiger partial charge in [-0.05, 0) is 127 Å². The summed E-state index contributed by atoms with van der Waals surface area (Å²) in [4.78, 5) is -1.62. The van der Waals surface area contributed by atoms with Crippen molar-refractivity contribution < 1.29 is 43.6 Å². The Labute approximate surface area is 310 Å². The number of fused-ring (bicyclic) bond motifs is 1. The average molecular weight is 787 g/mol. The molecule has 0 aromatic heterocycles. The third kappa shape index (κ3) is 8.35. The lowest BCUT2D eigenvalue weighted by molar-refractivity contribution is 0.476. The van der Waals surface area contributed by atoms with E-state index in [1.807, 2.05) is 32.9 Å². The van der Waals surface area contributed by atoms with Crippen molar-refractivity contribution in [2.24, 2.45) is 20.5 Å². The van der Waals surface area contributed by atoms with Gasteiger partial charge in [-0.1, -0.05) is 35.9 Å². The van der Waals surface area contributed by atoms with Gasteiger partial charge >= 0.3 is 10.1 Å². The number of rotatable bonds is 10. The van der Waals surface area contributed by atoms with Crippen molar-refractivity contribution in [3.05, 3.63) is 126 Å². The smallest absolute Gasteiger partial charge is 0.339 e. The monoisotopic (exact) mass is 786 g/mol. The molecule has 3 N–H and O–H groups in total. The number of aromatic hydroxyl groups is 1. The van der Waals surface area contributed by atoms with Gasteiger partial charge in [0, 0.05) is 5.39 Å². The van der Waals surface area contributed by atoms with Gasteiger partial charge in [0.05, 0.1) is 22.0 Å². The van der Waals surface area contributed by atoms with Gasteiger partial charge < -0.3 is 9.29 Å². The Morgan fingerprint density at radius 3 is 1.61 bits per heavy atom. The molecule has 0 atom stereocenters. The molecule has 0 aliphatic heterocycles. The predicted octanol–water partition coefficient (Wildman–Crippen LogP) is 9.23. The van der Waals surface area contributed by atoms with E-state index in [0.29, 0.717) is 23.1 Å². The van der Waals surface area contributed by atoms with Crippen molar-refractivity contribution in [2.45, 2.75) is 35.5 Å². The number of benzene rings is 6. The lowest BCUT2D eigenvalue weighted by Gasteiger charge is -2.11. The summed E-state index contributed by atoms with van der Waals surface area (Å²) in [5, 5.41) is 27.0. The molecule has 54 heavy (non-hydrogen) atoms. The number of phenolic OH excluding ortho intramolecular Hbond substituents is 1. The lowest BCUT2D eigenvalue weighted by Crippen LogP contribution is -2.09. The second kappa shape index (κ2) is 14.5. The SMILES string of the molecule is Cc1ccc(S(=O)(=O)Oc2ccc(N=Nc3ccc(-c4ccc(N=Nc5c(O)ccc6cc(S(=O)(=O)O)cc(S(=O)(=O)O)c56)cc4C)c(C)c3)cc2)cc1. The highest BCUT2D eigenvalue weighted by molar-refractivity contribution is 7.87. The molecule has 0 heterocycles. The number of aryl methyl sites for hydroxylation is 3. The van der Waals surface area contributed by atoms with Gasteiger partial charge in [0.2, 0.25) is 0 Å². The number of hydrogen-bond donors (Lipinski definition) is 3. The predicted molar refractivity (Wildman–Crippen MR) is 200 cm³/mol. The summed E-state index contributed by atoms with van der Waals surface area (Å²) in [6.07, 6.45) is 0. The normalized spacial score (nSPS) is 12.5. The van der Waals surface area contributed by atoms with Crippen LogP contribution in [0.15, 0.2) is 144 Å². The second-order valence-electron chi connectivity index (χ2n) is 12.1. The molecular weight excluding hydrogens is 757 g/mol. The average Bonchev–Trinajstić information content (AvgIpc) is 3.10. The second-order valence-corrected chi connectivity index (χ2v) is 16.5. The summed E-state index contributed by atoms with van der Waals surface area (Å²) < 4.78 is 97.7. The van der Waals surface area contributed by atoms with E-state index in [1.165, 1.54) is 30.3 Å². The summed E-state index contributed by atoms with van der Waals surface area (Å²) in [5.41, 5.74) is 5.41. The molecule has 0 bridgehead atoms. The van der Waals surface area contributed by atoms with E-state index in [1.54, 1.807) is 48.5 Å². The van der Waals surface area contributed by atoms with E-state index in [0.717, 1.165) is 39.9 Å². The molecule has 14 nitrogen and oxygen atoms in total. The van der Waals surface area contributed by atoms with E-state index in [4.69, 9.17) is 4.18 Å². The van der Waals surface area contributed by atoms with Crippen molar-refractivity contribution in [1.29, 1.82) is 0 Å². The highest BCUT2D eigenvalue weighted by atomic mass is 32.2. The molecule has 0 amide bonds. The number of azo groups is 2. The van der Waals surface area contributed by atoms with Crippen molar-refractivity contribution in [3.63, 3.8) is 0 Å². The summed E-state index contributed by atoms with van der Waals surface area (Å²) in [5.74, 6) is -0.361. The van der Waals surface area contributed by atoms with Crippen LogP contribution in [0, 0.1) is 20.8 Å². The van der Waals surface area contributed by atoms with Crippen LogP contribution in [0.4, 0.5) is 22.7 Å². The Morgan fingerprint density at radius 2 is 1.07 bits per heavy atom. The zero-order valence-corrected chi connectivity index (χ0v) is 31.1. The first kappa shape index (κ1) is 37.9. The van der Waals surface area contributed by atoms with Crippen LogP contribution in [-0.4, -0.2) is 39.5 Å². The minimum Gasteiger partial charge on any atom is -0.506 e. The molecule has 6 aromatic carbocycles. The molecule has 0 saturated heterocycles. The maximum absolute atomic E-state index is 12.6. The topological polar surface area (TPSA) is 222 Å². The highest BCUT2D eigenvalue weighted by Gasteiger charge is 2.24. The molecule has 276 valence electrons. The summed E-state index contributed by atoms with van der Waals surface area (Å²) in [6.45, 7) is 5.62. The van der Waals surface area contributed by atoms with Crippen LogP contribution in [0.3, 0.4) is 0 Å². The molecule has 0 radical (unpaired) electrons. The first-order valence-corrected chi connectivity index (χ1v) is 20.1. The molecule has 0 aliphatic rings. The van der Waals surface area contributed by atoms with Gasteiger partial charge in [0.1, 0.15) is 27.0 Å². The molecule has 6 aromatic rings. The van der Waals surface area contributed by atoms with E-state index in [9.17, 15) is 39.5 Å². The molecular formula is C37H30N4O10S3. The van der Waals surface area contributed by atoms with Gasteiger partial charge in [-0.25, -0.2) is 0 Å². The van der Waals surface area contributed by atoms with Gasteiger partial charge in [-0.3, -0.25) is 9.11 Å².